The van der Waals surface area contributed by atoms with E-state index in [1.54, 1.807) is 12.1 Å². The number of hydrogen-bond donors (Lipinski definition) is 2. The summed E-state index contributed by atoms with van der Waals surface area (Å²) in [6.07, 6.45) is 1.34. The molecule has 2 rings (SSSR count). The minimum absolute atomic E-state index is 0.243. The van der Waals surface area contributed by atoms with Gasteiger partial charge in [-0.05, 0) is 32.9 Å². The number of hydrogen-bond acceptors (Lipinski definition) is 4. The van der Waals surface area contributed by atoms with Crippen molar-refractivity contribution in [2.45, 2.75) is 26.3 Å². The summed E-state index contributed by atoms with van der Waals surface area (Å²) in [6, 6.07) is 8.90. The van der Waals surface area contributed by atoms with Gasteiger partial charge in [0.05, 0.1) is 10.7 Å². The molecule has 6 heteroatoms. The van der Waals surface area contributed by atoms with Gasteiger partial charge in [-0.25, -0.2) is 9.97 Å². The standard InChI is InChI=1S/C15H17ClN4O/c1-15(2,3)20-14(21)12-8-13(18-9-17-12)19-11-7-5-4-6-10(11)16/h4-9H,1-3H3,(H,20,21)(H,17,18,19). The first-order chi connectivity index (χ1) is 9.85. The molecular weight excluding hydrogens is 288 g/mol. The van der Waals surface area contributed by atoms with E-state index >= 15 is 0 Å². The van der Waals surface area contributed by atoms with Crippen molar-refractivity contribution in [2.75, 3.05) is 5.32 Å². The first-order valence-electron chi connectivity index (χ1n) is 6.51. The first-order valence-corrected chi connectivity index (χ1v) is 6.89. The van der Waals surface area contributed by atoms with Gasteiger partial charge in [-0.1, -0.05) is 23.7 Å². The monoisotopic (exact) mass is 304 g/mol. The Bertz CT molecular complexity index is 652. The fourth-order valence-corrected chi connectivity index (χ4v) is 1.84. The van der Waals surface area contributed by atoms with Gasteiger partial charge < -0.3 is 10.6 Å². The van der Waals surface area contributed by atoms with Crippen LogP contribution in [0.5, 0.6) is 0 Å². The molecule has 1 aromatic heterocycles. The summed E-state index contributed by atoms with van der Waals surface area (Å²) in [4.78, 5) is 20.2. The van der Waals surface area contributed by atoms with Gasteiger partial charge >= 0.3 is 0 Å². The van der Waals surface area contributed by atoms with Crippen molar-refractivity contribution in [3.63, 3.8) is 0 Å². The van der Waals surface area contributed by atoms with Crippen LogP contribution in [0.4, 0.5) is 11.5 Å². The van der Waals surface area contributed by atoms with Gasteiger partial charge in [-0.15, -0.1) is 0 Å². The van der Waals surface area contributed by atoms with E-state index in [9.17, 15) is 4.79 Å². The lowest BCUT2D eigenvalue weighted by Crippen LogP contribution is -2.40. The average molecular weight is 305 g/mol. The second-order valence-corrected chi connectivity index (χ2v) is 6.00. The molecule has 0 saturated heterocycles. The number of aromatic nitrogens is 2. The predicted octanol–water partition coefficient (Wildman–Crippen LogP) is 3.40. The maximum atomic E-state index is 12.1. The quantitative estimate of drug-likeness (QED) is 0.912. The fraction of sp³-hybridized carbons (Fsp3) is 0.267. The molecule has 0 aliphatic rings. The number of carbonyl (C=O) groups excluding carboxylic acids is 1. The molecule has 0 radical (unpaired) electrons. The summed E-state index contributed by atoms with van der Waals surface area (Å²) in [7, 11) is 0. The van der Waals surface area contributed by atoms with Crippen LogP contribution in [-0.4, -0.2) is 21.4 Å². The van der Waals surface area contributed by atoms with Gasteiger partial charge in [0.15, 0.2) is 0 Å². The number of anilines is 2. The third-order valence-electron chi connectivity index (χ3n) is 2.52. The van der Waals surface area contributed by atoms with Crippen LogP contribution in [0, 0.1) is 0 Å². The fourth-order valence-electron chi connectivity index (χ4n) is 1.66. The molecule has 0 atom stereocenters. The van der Waals surface area contributed by atoms with Gasteiger partial charge in [0.1, 0.15) is 17.8 Å². The van der Waals surface area contributed by atoms with Crippen LogP contribution in [-0.2, 0) is 0 Å². The Balaban J connectivity index is 2.18. The van der Waals surface area contributed by atoms with Crippen molar-refractivity contribution in [2.24, 2.45) is 0 Å². The second-order valence-electron chi connectivity index (χ2n) is 5.60. The Morgan fingerprint density at radius 2 is 1.90 bits per heavy atom. The number of nitrogens with zero attached hydrogens (tertiary/aromatic N) is 2. The lowest BCUT2D eigenvalue weighted by molar-refractivity contribution is 0.0914. The number of nitrogens with one attached hydrogen (secondary N) is 2. The van der Waals surface area contributed by atoms with Crippen LogP contribution in [0.3, 0.4) is 0 Å². The van der Waals surface area contributed by atoms with Gasteiger partial charge in [0, 0.05) is 11.6 Å². The molecule has 1 aromatic carbocycles. The van der Waals surface area contributed by atoms with Gasteiger partial charge in [0.25, 0.3) is 5.91 Å². The van der Waals surface area contributed by atoms with Crippen LogP contribution in [0.1, 0.15) is 31.3 Å². The summed E-state index contributed by atoms with van der Waals surface area (Å²) >= 11 is 6.08. The highest BCUT2D eigenvalue weighted by Gasteiger charge is 2.16. The van der Waals surface area contributed by atoms with Crippen LogP contribution in [0.15, 0.2) is 36.7 Å². The van der Waals surface area contributed by atoms with Crippen molar-refractivity contribution in [1.29, 1.82) is 0 Å². The number of carbonyl (C=O) groups is 1. The molecule has 21 heavy (non-hydrogen) atoms. The van der Waals surface area contributed by atoms with Crippen molar-refractivity contribution in [3.05, 3.63) is 47.4 Å². The van der Waals surface area contributed by atoms with E-state index in [2.05, 4.69) is 20.6 Å². The van der Waals surface area contributed by atoms with Gasteiger partial charge in [0.2, 0.25) is 0 Å². The van der Waals surface area contributed by atoms with Gasteiger partial charge in [-0.2, -0.15) is 0 Å². The molecule has 0 aliphatic carbocycles. The topological polar surface area (TPSA) is 66.9 Å². The Hall–Kier alpha value is -2.14. The van der Waals surface area contributed by atoms with E-state index in [-0.39, 0.29) is 11.4 Å². The zero-order valence-electron chi connectivity index (χ0n) is 12.1. The van der Waals surface area contributed by atoms with Gasteiger partial charge in [-0.3, -0.25) is 4.79 Å². The molecule has 0 spiro atoms. The number of rotatable bonds is 3. The number of benzene rings is 1. The van der Waals surface area contributed by atoms with E-state index in [1.807, 2.05) is 39.0 Å². The zero-order chi connectivity index (χ0) is 15.5. The molecular formula is C15H17ClN4O. The molecule has 110 valence electrons. The predicted molar refractivity (Wildman–Crippen MR) is 84.0 cm³/mol. The smallest absolute Gasteiger partial charge is 0.270 e. The van der Waals surface area contributed by atoms with Crippen LogP contribution >= 0.6 is 11.6 Å². The molecule has 2 aromatic rings. The Kier molecular flexibility index (Phi) is 4.43. The average Bonchev–Trinajstić information content (AvgIpc) is 2.40. The number of para-hydroxylation sites is 1. The van der Waals surface area contributed by atoms with E-state index in [4.69, 9.17) is 11.6 Å². The largest absolute Gasteiger partial charge is 0.346 e. The molecule has 0 saturated carbocycles. The summed E-state index contributed by atoms with van der Waals surface area (Å²) < 4.78 is 0. The maximum absolute atomic E-state index is 12.1. The summed E-state index contributed by atoms with van der Waals surface area (Å²) in [5.74, 6) is 0.268. The summed E-state index contributed by atoms with van der Waals surface area (Å²) in [6.45, 7) is 5.74. The Labute approximate surface area is 128 Å². The van der Waals surface area contributed by atoms with E-state index in [0.717, 1.165) is 5.69 Å². The lowest BCUT2D eigenvalue weighted by atomic mass is 10.1. The maximum Gasteiger partial charge on any atom is 0.270 e. The van der Waals surface area contributed by atoms with Crippen LogP contribution in [0.2, 0.25) is 5.02 Å². The molecule has 1 heterocycles. The first kappa shape index (κ1) is 15.3. The third kappa shape index (κ3) is 4.43. The van der Waals surface area contributed by atoms with E-state index < -0.39 is 0 Å². The minimum Gasteiger partial charge on any atom is -0.346 e. The normalized spacial score (nSPS) is 11.0. The number of amides is 1. The molecule has 0 fully saturated rings. The van der Waals surface area contributed by atoms with Crippen molar-refractivity contribution < 1.29 is 4.79 Å². The van der Waals surface area contributed by atoms with Crippen molar-refractivity contribution in [1.82, 2.24) is 15.3 Å². The Morgan fingerprint density at radius 1 is 1.19 bits per heavy atom. The third-order valence-corrected chi connectivity index (χ3v) is 2.85. The number of halogens is 1. The van der Waals surface area contributed by atoms with Crippen molar-refractivity contribution in [3.8, 4) is 0 Å². The highest BCUT2D eigenvalue weighted by Crippen LogP contribution is 2.23. The molecule has 0 bridgehead atoms. The molecule has 5 nitrogen and oxygen atoms in total. The van der Waals surface area contributed by atoms with Crippen molar-refractivity contribution >= 4 is 29.0 Å². The Morgan fingerprint density at radius 3 is 2.57 bits per heavy atom. The van der Waals surface area contributed by atoms with Crippen LogP contribution < -0.4 is 10.6 Å². The molecule has 0 aliphatic heterocycles. The summed E-state index contributed by atoms with van der Waals surface area (Å²) in [5.41, 5.74) is 0.702. The molecule has 0 unspecified atom stereocenters. The SMILES string of the molecule is CC(C)(C)NC(=O)c1cc(Nc2ccccc2Cl)ncn1. The second kappa shape index (κ2) is 6.10. The minimum atomic E-state index is -0.321. The zero-order valence-corrected chi connectivity index (χ0v) is 12.9. The highest BCUT2D eigenvalue weighted by atomic mass is 35.5. The molecule has 2 N–H and O–H groups in total. The lowest BCUT2D eigenvalue weighted by Gasteiger charge is -2.20. The van der Waals surface area contributed by atoms with Crippen LogP contribution in [0.25, 0.3) is 0 Å². The van der Waals surface area contributed by atoms with E-state index in [1.165, 1.54) is 6.33 Å². The summed E-state index contributed by atoms with van der Waals surface area (Å²) in [5, 5.41) is 6.50. The van der Waals surface area contributed by atoms with E-state index in [0.29, 0.717) is 16.5 Å². The molecule has 1 amide bonds. The highest BCUT2D eigenvalue weighted by molar-refractivity contribution is 6.33.